The molecule has 186 valence electrons. The number of aromatic nitrogens is 2. The van der Waals surface area contributed by atoms with Crippen molar-refractivity contribution < 1.29 is 18.7 Å². The number of nitrogens with zero attached hydrogens (tertiary/aromatic N) is 3. The van der Waals surface area contributed by atoms with Crippen LogP contribution < -0.4 is 20.7 Å². The van der Waals surface area contributed by atoms with Crippen molar-refractivity contribution in [3.63, 3.8) is 0 Å². The van der Waals surface area contributed by atoms with Gasteiger partial charge in [-0.15, -0.1) is 0 Å². The van der Waals surface area contributed by atoms with Gasteiger partial charge in [-0.05, 0) is 58.3 Å². The first-order valence-corrected chi connectivity index (χ1v) is 11.3. The average Bonchev–Trinajstić information content (AvgIpc) is 3.18. The van der Waals surface area contributed by atoms with E-state index in [1.807, 2.05) is 50.2 Å². The van der Waals surface area contributed by atoms with Crippen LogP contribution in [0.4, 0.5) is 17.2 Å². The Kier molecular flexibility index (Phi) is 7.16. The van der Waals surface area contributed by atoms with Gasteiger partial charge in [-0.25, -0.2) is 9.97 Å². The lowest BCUT2D eigenvalue weighted by molar-refractivity contribution is -0.119. The van der Waals surface area contributed by atoms with Gasteiger partial charge >= 0.3 is 0 Å². The second kappa shape index (κ2) is 10.4. The van der Waals surface area contributed by atoms with E-state index in [4.69, 9.17) is 9.15 Å². The molecule has 4 aromatic rings. The monoisotopic (exact) mass is 488 g/mol. The molecule has 2 aromatic heterocycles. The molecule has 2 amide bonds. The number of fused-ring (bicyclic) bond motifs is 1. The molecule has 2 aromatic carbocycles. The van der Waals surface area contributed by atoms with Crippen molar-refractivity contribution in [2.24, 2.45) is 0 Å². The van der Waals surface area contributed by atoms with Crippen LogP contribution in [-0.2, 0) is 4.79 Å². The van der Waals surface area contributed by atoms with Gasteiger partial charge < -0.3 is 25.1 Å². The van der Waals surface area contributed by atoms with Crippen LogP contribution in [-0.4, -0.2) is 53.9 Å². The third-order valence-electron chi connectivity index (χ3n) is 5.71. The lowest BCUT2D eigenvalue weighted by Crippen LogP contribution is -2.37. The Bertz CT molecular complexity index is 1410. The Labute approximate surface area is 208 Å². The summed E-state index contributed by atoms with van der Waals surface area (Å²) in [5.74, 6) is 1.57. The normalized spacial score (nSPS) is 11.8. The molecule has 0 aliphatic heterocycles. The fourth-order valence-corrected chi connectivity index (χ4v) is 3.56. The quantitative estimate of drug-likeness (QED) is 0.335. The molecule has 10 heteroatoms. The van der Waals surface area contributed by atoms with Gasteiger partial charge in [0, 0.05) is 35.9 Å². The van der Waals surface area contributed by atoms with Gasteiger partial charge in [0.25, 0.3) is 5.91 Å². The third-order valence-corrected chi connectivity index (χ3v) is 5.71. The van der Waals surface area contributed by atoms with Crippen molar-refractivity contribution in [2.45, 2.75) is 19.9 Å². The largest absolute Gasteiger partial charge is 0.460 e. The summed E-state index contributed by atoms with van der Waals surface area (Å²) in [5, 5.41) is 9.44. The number of carbonyl (C=O) groups is 2. The van der Waals surface area contributed by atoms with Gasteiger partial charge in [0.1, 0.15) is 29.2 Å². The Hall–Kier alpha value is -4.44. The van der Waals surface area contributed by atoms with Crippen molar-refractivity contribution >= 4 is 40.0 Å². The average molecular weight is 489 g/mol. The van der Waals surface area contributed by atoms with E-state index in [1.165, 1.54) is 6.33 Å². The molecular weight excluding hydrogens is 460 g/mol. The number of nitrogens with one attached hydrogen (secondary N) is 3. The molecular formula is C26H28N6O4. The highest BCUT2D eigenvalue weighted by Crippen LogP contribution is 2.31. The summed E-state index contributed by atoms with van der Waals surface area (Å²) in [4.78, 5) is 34.8. The predicted octanol–water partition coefficient (Wildman–Crippen LogP) is 4.32. The first kappa shape index (κ1) is 24.7. The molecule has 4 rings (SSSR count). The van der Waals surface area contributed by atoms with Crippen molar-refractivity contribution in [3.8, 4) is 11.6 Å². The van der Waals surface area contributed by atoms with E-state index in [2.05, 4.69) is 25.9 Å². The number of rotatable bonds is 8. The minimum Gasteiger partial charge on any atom is -0.460 e. The fraction of sp³-hybridized carbons (Fsp3) is 0.231. The van der Waals surface area contributed by atoms with Crippen LogP contribution in [0.5, 0.6) is 11.6 Å². The number of anilines is 3. The minimum atomic E-state index is -0.261. The predicted molar refractivity (Wildman–Crippen MR) is 138 cm³/mol. The first-order valence-electron chi connectivity index (χ1n) is 11.3. The molecule has 2 heterocycles. The van der Waals surface area contributed by atoms with E-state index in [9.17, 15) is 9.59 Å². The van der Waals surface area contributed by atoms with Crippen molar-refractivity contribution in [2.75, 3.05) is 31.8 Å². The second-order valence-electron chi connectivity index (χ2n) is 8.45. The molecule has 0 spiro atoms. The summed E-state index contributed by atoms with van der Waals surface area (Å²) >= 11 is 0. The molecule has 0 fully saturated rings. The van der Waals surface area contributed by atoms with E-state index in [-0.39, 0.29) is 17.9 Å². The number of carbonyl (C=O) groups excluding carboxylic acids is 2. The van der Waals surface area contributed by atoms with E-state index < -0.39 is 0 Å². The fourth-order valence-electron chi connectivity index (χ4n) is 3.56. The Morgan fingerprint density at radius 1 is 1.06 bits per heavy atom. The van der Waals surface area contributed by atoms with Crippen molar-refractivity contribution in [1.29, 1.82) is 0 Å². The maximum absolute atomic E-state index is 12.4. The maximum atomic E-state index is 12.4. The SMILES string of the molecule is CNC(=O)c1c(C)oc2cc(Oc3cc(Nc4cccc(NC(=O)[C@@H](C)N(C)C)c4)ncn3)ccc12. The van der Waals surface area contributed by atoms with Crippen LogP contribution in [0.1, 0.15) is 23.0 Å². The molecule has 10 nitrogen and oxygen atoms in total. The molecule has 1 atom stereocenters. The molecule has 0 aliphatic rings. The molecule has 0 unspecified atom stereocenters. The summed E-state index contributed by atoms with van der Waals surface area (Å²) in [7, 11) is 5.29. The summed E-state index contributed by atoms with van der Waals surface area (Å²) in [6.45, 7) is 3.59. The topological polar surface area (TPSA) is 122 Å². The summed E-state index contributed by atoms with van der Waals surface area (Å²) in [5.41, 5.74) is 2.45. The van der Waals surface area contributed by atoms with Crippen molar-refractivity contribution in [1.82, 2.24) is 20.2 Å². The maximum Gasteiger partial charge on any atom is 0.255 e. The summed E-state index contributed by atoms with van der Waals surface area (Å²) in [6, 6.07) is 14.0. The van der Waals surface area contributed by atoms with Crippen LogP contribution in [0.25, 0.3) is 11.0 Å². The number of hydrogen-bond acceptors (Lipinski definition) is 8. The number of ether oxygens (including phenoxy) is 1. The highest BCUT2D eigenvalue weighted by atomic mass is 16.5. The molecule has 3 N–H and O–H groups in total. The molecule has 0 aliphatic carbocycles. The Morgan fingerprint density at radius 3 is 2.58 bits per heavy atom. The van der Waals surface area contributed by atoms with Gasteiger partial charge in [0.2, 0.25) is 11.8 Å². The zero-order valence-electron chi connectivity index (χ0n) is 20.7. The first-order chi connectivity index (χ1) is 17.2. The number of furan rings is 1. The second-order valence-corrected chi connectivity index (χ2v) is 8.45. The van der Waals surface area contributed by atoms with Crippen LogP contribution in [0.2, 0.25) is 0 Å². The van der Waals surface area contributed by atoms with E-state index in [0.29, 0.717) is 45.4 Å². The molecule has 36 heavy (non-hydrogen) atoms. The standard InChI is InChI=1S/C26H28N6O4/c1-15(32(4)5)25(33)31-18-8-6-7-17(11-18)30-22-13-23(29-14-28-22)36-19-9-10-20-21(12-19)35-16(2)24(20)26(34)27-3/h6-15H,1-5H3,(H,27,34)(H,31,33)(H,28,29,30)/t15-/m1/s1. The Balaban J connectivity index is 1.48. The van der Waals surface area contributed by atoms with E-state index in [1.54, 1.807) is 38.2 Å². The zero-order chi connectivity index (χ0) is 25.8. The highest BCUT2D eigenvalue weighted by molar-refractivity contribution is 6.07. The lowest BCUT2D eigenvalue weighted by Gasteiger charge is -2.19. The third kappa shape index (κ3) is 5.44. The summed E-state index contributed by atoms with van der Waals surface area (Å²) in [6.07, 6.45) is 1.39. The van der Waals surface area contributed by atoms with Gasteiger partial charge in [-0.2, -0.15) is 0 Å². The van der Waals surface area contributed by atoms with Gasteiger partial charge in [-0.1, -0.05) is 6.07 Å². The number of amides is 2. The molecule has 0 saturated heterocycles. The van der Waals surface area contributed by atoms with Crippen LogP contribution in [0.15, 0.2) is 59.3 Å². The van der Waals surface area contributed by atoms with Crippen molar-refractivity contribution in [3.05, 3.63) is 66.2 Å². The molecule has 0 saturated carbocycles. The number of benzene rings is 2. The smallest absolute Gasteiger partial charge is 0.255 e. The zero-order valence-corrected chi connectivity index (χ0v) is 20.7. The minimum absolute atomic E-state index is 0.0963. The molecule has 0 bridgehead atoms. The number of hydrogen-bond donors (Lipinski definition) is 3. The lowest BCUT2D eigenvalue weighted by atomic mass is 10.1. The van der Waals surface area contributed by atoms with Gasteiger partial charge in [0.05, 0.1) is 11.6 Å². The highest BCUT2D eigenvalue weighted by Gasteiger charge is 2.18. The number of likely N-dealkylation sites (N-methyl/N-ethyl adjacent to an activating group) is 1. The van der Waals surface area contributed by atoms with Crippen LogP contribution in [0, 0.1) is 6.92 Å². The van der Waals surface area contributed by atoms with E-state index >= 15 is 0 Å². The Morgan fingerprint density at radius 2 is 1.83 bits per heavy atom. The van der Waals surface area contributed by atoms with Gasteiger partial charge in [0.15, 0.2) is 0 Å². The van der Waals surface area contributed by atoms with E-state index in [0.717, 1.165) is 5.69 Å². The van der Waals surface area contributed by atoms with Crippen LogP contribution in [0.3, 0.4) is 0 Å². The van der Waals surface area contributed by atoms with Gasteiger partial charge in [-0.3, -0.25) is 14.5 Å². The molecule has 0 radical (unpaired) electrons. The van der Waals surface area contributed by atoms with Crippen LogP contribution >= 0.6 is 0 Å². The number of aryl methyl sites for hydroxylation is 1. The summed E-state index contributed by atoms with van der Waals surface area (Å²) < 4.78 is 11.7.